The van der Waals surface area contributed by atoms with Crippen molar-refractivity contribution in [2.75, 3.05) is 13.2 Å². The van der Waals surface area contributed by atoms with Gasteiger partial charge >= 0.3 is 5.97 Å². The Labute approximate surface area is 106 Å². The normalized spacial score (nSPS) is 12.2. The van der Waals surface area contributed by atoms with Gasteiger partial charge in [0.25, 0.3) is 0 Å². The van der Waals surface area contributed by atoms with Gasteiger partial charge in [0.05, 0.1) is 6.61 Å². The topological polar surface area (TPSA) is 58.6 Å². The van der Waals surface area contributed by atoms with Gasteiger partial charge in [-0.3, -0.25) is 4.79 Å². The fraction of sp³-hybridized carbons (Fsp3) is 0.462. The fourth-order valence-electron chi connectivity index (χ4n) is 1.52. The lowest BCUT2D eigenvalue weighted by Crippen LogP contribution is -2.37. The molecule has 0 aliphatic heterocycles. The number of halogens is 1. The van der Waals surface area contributed by atoms with Gasteiger partial charge in [-0.25, -0.2) is 4.39 Å². The zero-order valence-electron chi connectivity index (χ0n) is 10.6. The maximum atomic E-state index is 13.2. The highest BCUT2D eigenvalue weighted by Crippen LogP contribution is 2.16. The van der Waals surface area contributed by atoms with Gasteiger partial charge < -0.3 is 15.2 Å². The number of carboxylic acid groups (broad SMARTS) is 1. The summed E-state index contributed by atoms with van der Waals surface area (Å²) in [6.45, 7) is 4.32. The van der Waals surface area contributed by atoms with E-state index in [1.54, 1.807) is 19.1 Å². The largest absolute Gasteiger partial charge is 0.493 e. The van der Waals surface area contributed by atoms with Gasteiger partial charge in [-0.15, -0.1) is 0 Å². The molecule has 0 aromatic heterocycles. The number of aliphatic carboxylic acids is 1. The van der Waals surface area contributed by atoms with E-state index < -0.39 is 12.0 Å². The Kier molecular flexibility index (Phi) is 5.58. The third-order valence-electron chi connectivity index (χ3n) is 2.57. The molecule has 0 heterocycles. The SMILES string of the molecule is CCNC(CCOc1ccc(C)c(F)c1)C(=O)O. The van der Waals surface area contributed by atoms with Gasteiger partial charge in [0.15, 0.2) is 0 Å². The van der Waals surface area contributed by atoms with Gasteiger partial charge in [0.1, 0.15) is 17.6 Å². The maximum Gasteiger partial charge on any atom is 0.320 e. The van der Waals surface area contributed by atoms with E-state index in [2.05, 4.69) is 5.32 Å². The van der Waals surface area contributed by atoms with Crippen LogP contribution in [0.2, 0.25) is 0 Å². The molecule has 0 bridgehead atoms. The number of hydrogen-bond donors (Lipinski definition) is 2. The van der Waals surface area contributed by atoms with Gasteiger partial charge in [0, 0.05) is 12.5 Å². The number of carbonyl (C=O) groups is 1. The zero-order chi connectivity index (χ0) is 13.5. The summed E-state index contributed by atoms with van der Waals surface area (Å²) >= 11 is 0. The monoisotopic (exact) mass is 255 g/mol. The quantitative estimate of drug-likeness (QED) is 0.782. The highest BCUT2D eigenvalue weighted by Gasteiger charge is 2.15. The molecule has 1 unspecified atom stereocenters. The molecule has 0 aliphatic rings. The maximum absolute atomic E-state index is 13.2. The molecule has 5 heteroatoms. The Balaban J connectivity index is 2.44. The van der Waals surface area contributed by atoms with Crippen molar-refractivity contribution in [3.05, 3.63) is 29.6 Å². The first kappa shape index (κ1) is 14.4. The number of likely N-dealkylation sites (N-methyl/N-ethyl adjacent to an activating group) is 1. The summed E-state index contributed by atoms with van der Waals surface area (Å²) in [4.78, 5) is 10.9. The third-order valence-corrected chi connectivity index (χ3v) is 2.57. The first-order chi connectivity index (χ1) is 8.54. The molecule has 0 amide bonds. The Morgan fingerprint density at radius 1 is 1.56 bits per heavy atom. The van der Waals surface area contributed by atoms with Crippen LogP contribution in [-0.2, 0) is 4.79 Å². The highest BCUT2D eigenvalue weighted by atomic mass is 19.1. The van der Waals surface area contributed by atoms with E-state index in [0.29, 0.717) is 24.3 Å². The van der Waals surface area contributed by atoms with E-state index in [4.69, 9.17) is 9.84 Å². The van der Waals surface area contributed by atoms with E-state index in [1.807, 2.05) is 6.92 Å². The Morgan fingerprint density at radius 3 is 2.83 bits per heavy atom. The molecule has 0 spiro atoms. The van der Waals surface area contributed by atoms with E-state index >= 15 is 0 Å². The van der Waals surface area contributed by atoms with Crippen molar-refractivity contribution in [3.63, 3.8) is 0 Å². The first-order valence-corrected chi connectivity index (χ1v) is 5.89. The van der Waals surface area contributed by atoms with Crippen LogP contribution in [0.3, 0.4) is 0 Å². The average Bonchev–Trinajstić information content (AvgIpc) is 2.32. The highest BCUT2D eigenvalue weighted by molar-refractivity contribution is 5.73. The predicted octanol–water partition coefficient (Wildman–Crippen LogP) is 1.97. The van der Waals surface area contributed by atoms with Gasteiger partial charge in [-0.1, -0.05) is 13.0 Å². The number of aryl methyl sites for hydroxylation is 1. The molecule has 1 rings (SSSR count). The minimum atomic E-state index is -0.907. The molecule has 4 nitrogen and oxygen atoms in total. The van der Waals surface area contributed by atoms with E-state index in [-0.39, 0.29) is 12.4 Å². The number of hydrogen-bond acceptors (Lipinski definition) is 3. The van der Waals surface area contributed by atoms with Crippen molar-refractivity contribution in [1.82, 2.24) is 5.32 Å². The van der Waals surface area contributed by atoms with Crippen LogP contribution >= 0.6 is 0 Å². The van der Waals surface area contributed by atoms with Crippen LogP contribution in [0.1, 0.15) is 18.9 Å². The van der Waals surface area contributed by atoms with Crippen molar-refractivity contribution < 1.29 is 19.0 Å². The summed E-state index contributed by atoms with van der Waals surface area (Å²) in [7, 11) is 0. The van der Waals surface area contributed by atoms with Gasteiger partial charge in [-0.2, -0.15) is 0 Å². The summed E-state index contributed by atoms with van der Waals surface area (Å²) in [6.07, 6.45) is 0.332. The van der Waals surface area contributed by atoms with E-state index in [1.165, 1.54) is 6.07 Å². The Hall–Kier alpha value is -1.62. The van der Waals surface area contributed by atoms with Crippen LogP contribution in [-0.4, -0.2) is 30.3 Å². The van der Waals surface area contributed by atoms with Crippen LogP contribution < -0.4 is 10.1 Å². The number of ether oxygens (including phenoxy) is 1. The first-order valence-electron chi connectivity index (χ1n) is 5.89. The van der Waals surface area contributed by atoms with Crippen LogP contribution in [0.4, 0.5) is 4.39 Å². The number of carboxylic acids is 1. The smallest absolute Gasteiger partial charge is 0.320 e. The average molecular weight is 255 g/mol. The predicted molar refractivity (Wildman–Crippen MR) is 66.3 cm³/mol. The van der Waals surface area contributed by atoms with Crippen LogP contribution in [0.5, 0.6) is 5.75 Å². The molecule has 0 radical (unpaired) electrons. The summed E-state index contributed by atoms with van der Waals surface area (Å²) < 4.78 is 18.6. The Bertz CT molecular complexity index is 409. The molecule has 1 aromatic rings. The van der Waals surface area contributed by atoms with Crippen molar-refractivity contribution in [3.8, 4) is 5.75 Å². The molecule has 0 saturated heterocycles. The summed E-state index contributed by atoms with van der Waals surface area (Å²) in [5, 5.41) is 11.7. The lowest BCUT2D eigenvalue weighted by molar-refractivity contribution is -0.139. The molecule has 18 heavy (non-hydrogen) atoms. The molecule has 2 N–H and O–H groups in total. The molecular formula is C13H18FNO3. The second kappa shape index (κ2) is 6.96. The van der Waals surface area contributed by atoms with Crippen LogP contribution in [0.15, 0.2) is 18.2 Å². The molecule has 0 aliphatic carbocycles. The van der Waals surface area contributed by atoms with Crippen molar-refractivity contribution in [1.29, 1.82) is 0 Å². The van der Waals surface area contributed by atoms with Crippen LogP contribution in [0, 0.1) is 12.7 Å². The number of rotatable bonds is 7. The number of benzene rings is 1. The summed E-state index contributed by atoms with van der Waals surface area (Å²) in [6, 6.07) is 3.97. The number of nitrogens with one attached hydrogen (secondary N) is 1. The standard InChI is InChI=1S/C13H18FNO3/c1-3-15-12(13(16)17)6-7-18-10-5-4-9(2)11(14)8-10/h4-5,8,12,15H,3,6-7H2,1-2H3,(H,16,17). The molecule has 100 valence electrons. The van der Waals surface area contributed by atoms with Crippen LogP contribution in [0.25, 0.3) is 0 Å². The van der Waals surface area contributed by atoms with E-state index in [9.17, 15) is 9.18 Å². The lowest BCUT2D eigenvalue weighted by Gasteiger charge is -2.13. The minimum Gasteiger partial charge on any atom is -0.493 e. The second-order valence-electron chi connectivity index (χ2n) is 4.00. The molecular weight excluding hydrogens is 237 g/mol. The van der Waals surface area contributed by atoms with Crippen molar-refractivity contribution in [2.24, 2.45) is 0 Å². The third kappa shape index (κ3) is 4.33. The molecule has 1 aromatic carbocycles. The zero-order valence-corrected chi connectivity index (χ0v) is 10.6. The fourth-order valence-corrected chi connectivity index (χ4v) is 1.52. The second-order valence-corrected chi connectivity index (χ2v) is 4.00. The summed E-state index contributed by atoms with van der Waals surface area (Å²) in [5.41, 5.74) is 0.554. The van der Waals surface area contributed by atoms with Gasteiger partial charge in [0.2, 0.25) is 0 Å². The van der Waals surface area contributed by atoms with Crippen molar-refractivity contribution in [2.45, 2.75) is 26.3 Å². The van der Waals surface area contributed by atoms with Gasteiger partial charge in [-0.05, 0) is 25.1 Å². The molecule has 0 fully saturated rings. The lowest BCUT2D eigenvalue weighted by atomic mass is 10.2. The summed E-state index contributed by atoms with van der Waals surface area (Å²) in [5.74, 6) is -0.816. The molecule has 0 saturated carbocycles. The molecule has 1 atom stereocenters. The minimum absolute atomic E-state index is 0.229. The van der Waals surface area contributed by atoms with E-state index in [0.717, 1.165) is 0 Å². The van der Waals surface area contributed by atoms with Crippen molar-refractivity contribution >= 4 is 5.97 Å². The Morgan fingerprint density at radius 2 is 2.28 bits per heavy atom.